The molecule has 0 aromatic heterocycles. The lowest BCUT2D eigenvalue weighted by molar-refractivity contribution is -0.326. The number of hydrogen-bond acceptors (Lipinski definition) is 8. The zero-order valence-corrected chi connectivity index (χ0v) is 18.1. The summed E-state index contributed by atoms with van der Waals surface area (Å²) in [4.78, 5) is 24.5. The van der Waals surface area contributed by atoms with E-state index in [2.05, 4.69) is 0 Å². The van der Waals surface area contributed by atoms with Crippen molar-refractivity contribution in [1.29, 1.82) is 0 Å². The molecule has 0 N–H and O–H groups in total. The molecule has 8 heteroatoms. The normalized spacial score (nSPS) is 28.5. The van der Waals surface area contributed by atoms with Crippen LogP contribution in [0.4, 0.5) is 0 Å². The summed E-state index contributed by atoms with van der Waals surface area (Å²) in [7, 11) is 0. The SMILES string of the molecule is CC(=O)O[C@@H]1O[C@@H](OCc2ccccc2)[C@H](OC(=O)c2ccccc2)[C@H]2OC(C)(C)O[C@@H]12. The molecule has 0 unspecified atom stereocenters. The van der Waals surface area contributed by atoms with E-state index in [1.54, 1.807) is 38.1 Å². The van der Waals surface area contributed by atoms with Crippen LogP contribution in [0, 0.1) is 0 Å². The van der Waals surface area contributed by atoms with Gasteiger partial charge in [-0.25, -0.2) is 4.79 Å². The first kappa shape index (κ1) is 22.4. The van der Waals surface area contributed by atoms with Crippen molar-refractivity contribution < 1.29 is 38.0 Å². The van der Waals surface area contributed by atoms with Crippen LogP contribution in [-0.2, 0) is 39.8 Å². The highest BCUT2D eigenvalue weighted by molar-refractivity contribution is 5.89. The van der Waals surface area contributed by atoms with Crippen LogP contribution in [-0.4, -0.2) is 48.6 Å². The molecule has 2 fully saturated rings. The molecule has 32 heavy (non-hydrogen) atoms. The fraction of sp³-hybridized carbons (Fsp3) is 0.417. The summed E-state index contributed by atoms with van der Waals surface area (Å²) < 4.78 is 35.0. The van der Waals surface area contributed by atoms with Crippen LogP contribution in [0.15, 0.2) is 60.7 Å². The van der Waals surface area contributed by atoms with Gasteiger partial charge in [-0.1, -0.05) is 48.5 Å². The monoisotopic (exact) mass is 442 g/mol. The fourth-order valence-electron chi connectivity index (χ4n) is 3.76. The Balaban J connectivity index is 1.60. The molecule has 2 aromatic carbocycles. The van der Waals surface area contributed by atoms with Gasteiger partial charge in [-0.05, 0) is 31.5 Å². The van der Waals surface area contributed by atoms with Gasteiger partial charge in [0.25, 0.3) is 0 Å². The van der Waals surface area contributed by atoms with Crippen molar-refractivity contribution in [1.82, 2.24) is 0 Å². The first-order valence-corrected chi connectivity index (χ1v) is 10.4. The molecule has 2 aliphatic rings. The van der Waals surface area contributed by atoms with Crippen molar-refractivity contribution in [2.45, 2.75) is 64.1 Å². The largest absolute Gasteiger partial charge is 0.450 e. The van der Waals surface area contributed by atoms with E-state index in [9.17, 15) is 9.59 Å². The Morgan fingerprint density at radius 1 is 0.875 bits per heavy atom. The van der Waals surface area contributed by atoms with Gasteiger partial charge >= 0.3 is 11.9 Å². The number of rotatable bonds is 6. The first-order valence-electron chi connectivity index (χ1n) is 10.4. The minimum atomic E-state index is -1.08. The van der Waals surface area contributed by atoms with Crippen molar-refractivity contribution in [3.63, 3.8) is 0 Å². The molecule has 170 valence electrons. The van der Waals surface area contributed by atoms with Gasteiger partial charge < -0.3 is 28.4 Å². The van der Waals surface area contributed by atoms with Gasteiger partial charge in [-0.2, -0.15) is 0 Å². The molecule has 0 spiro atoms. The number of carbonyl (C=O) groups excluding carboxylic acids is 2. The molecular formula is C24H26O8. The first-order chi connectivity index (χ1) is 15.3. The second-order valence-electron chi connectivity index (χ2n) is 8.08. The summed E-state index contributed by atoms with van der Waals surface area (Å²) in [6.45, 7) is 4.93. The van der Waals surface area contributed by atoms with Crippen molar-refractivity contribution in [2.75, 3.05) is 0 Å². The van der Waals surface area contributed by atoms with Crippen LogP contribution in [0.1, 0.15) is 36.7 Å². The number of esters is 2. The molecule has 4 rings (SSSR count). The zero-order chi connectivity index (χ0) is 22.7. The molecule has 2 aromatic rings. The minimum Gasteiger partial charge on any atom is -0.450 e. The lowest BCUT2D eigenvalue weighted by atomic mass is 10.0. The van der Waals surface area contributed by atoms with Crippen LogP contribution < -0.4 is 0 Å². The third-order valence-electron chi connectivity index (χ3n) is 5.08. The summed E-state index contributed by atoms with van der Waals surface area (Å²) in [5, 5.41) is 0. The van der Waals surface area contributed by atoms with Gasteiger partial charge in [0.15, 0.2) is 18.0 Å². The lowest BCUT2D eigenvalue weighted by Crippen LogP contribution is -2.59. The molecule has 2 saturated heterocycles. The maximum Gasteiger partial charge on any atom is 0.338 e. The third kappa shape index (κ3) is 5.16. The number of carbonyl (C=O) groups is 2. The molecule has 2 heterocycles. The van der Waals surface area contributed by atoms with Gasteiger partial charge in [0.05, 0.1) is 12.2 Å². The molecule has 0 aliphatic carbocycles. The Labute approximate surface area is 186 Å². The number of fused-ring (bicyclic) bond motifs is 1. The van der Waals surface area contributed by atoms with Crippen LogP contribution >= 0.6 is 0 Å². The highest BCUT2D eigenvalue weighted by atomic mass is 16.8. The number of benzene rings is 2. The molecule has 0 amide bonds. The Morgan fingerprint density at radius 3 is 2.16 bits per heavy atom. The molecule has 0 bridgehead atoms. The van der Waals surface area contributed by atoms with E-state index in [1.165, 1.54) is 6.92 Å². The highest BCUT2D eigenvalue weighted by Crippen LogP contribution is 2.39. The minimum absolute atomic E-state index is 0.194. The Kier molecular flexibility index (Phi) is 6.57. The van der Waals surface area contributed by atoms with Gasteiger partial charge in [0.1, 0.15) is 6.10 Å². The molecule has 5 atom stereocenters. The lowest BCUT2D eigenvalue weighted by Gasteiger charge is -2.40. The smallest absolute Gasteiger partial charge is 0.338 e. The maximum atomic E-state index is 12.8. The second-order valence-corrected chi connectivity index (χ2v) is 8.08. The van der Waals surface area contributed by atoms with Crippen molar-refractivity contribution in [2.24, 2.45) is 0 Å². The number of hydrogen-bond donors (Lipinski definition) is 0. The standard InChI is InChI=1S/C24H26O8/c1-15(25)28-23-20-18(31-24(2,3)32-20)19(29-21(26)17-12-8-5-9-13-17)22(30-23)27-14-16-10-6-4-7-11-16/h4-13,18-20,22-23H,14H2,1-3H3/t18-,19-,20-,22-,23-/m1/s1. The quantitative estimate of drug-likeness (QED) is 0.630. The average Bonchev–Trinajstić information content (AvgIpc) is 3.10. The summed E-state index contributed by atoms with van der Waals surface area (Å²) in [5.74, 6) is -2.09. The van der Waals surface area contributed by atoms with Crippen LogP contribution in [0.2, 0.25) is 0 Å². The predicted octanol–water partition coefficient (Wildman–Crippen LogP) is 3.19. The zero-order valence-electron chi connectivity index (χ0n) is 18.1. The van der Waals surface area contributed by atoms with Crippen LogP contribution in [0.3, 0.4) is 0 Å². The van der Waals surface area contributed by atoms with Gasteiger partial charge in [-0.3, -0.25) is 4.79 Å². The highest BCUT2D eigenvalue weighted by Gasteiger charge is 2.58. The summed E-state index contributed by atoms with van der Waals surface area (Å²) in [6, 6.07) is 18.1. The van der Waals surface area contributed by atoms with Crippen molar-refractivity contribution in [3.05, 3.63) is 71.8 Å². The average molecular weight is 442 g/mol. The van der Waals surface area contributed by atoms with E-state index < -0.39 is 48.6 Å². The molecule has 0 radical (unpaired) electrons. The summed E-state index contributed by atoms with van der Waals surface area (Å²) >= 11 is 0. The van der Waals surface area contributed by atoms with E-state index in [4.69, 9.17) is 28.4 Å². The molecule has 8 nitrogen and oxygen atoms in total. The van der Waals surface area contributed by atoms with Crippen molar-refractivity contribution >= 4 is 11.9 Å². The Morgan fingerprint density at radius 2 is 1.50 bits per heavy atom. The van der Waals surface area contributed by atoms with Crippen LogP contribution in [0.5, 0.6) is 0 Å². The molecule has 0 saturated carbocycles. The Bertz CT molecular complexity index is 930. The van der Waals surface area contributed by atoms with E-state index >= 15 is 0 Å². The Hall–Kier alpha value is -2.78. The third-order valence-corrected chi connectivity index (χ3v) is 5.08. The maximum absolute atomic E-state index is 12.8. The van der Waals surface area contributed by atoms with E-state index in [0.717, 1.165) is 5.56 Å². The van der Waals surface area contributed by atoms with E-state index in [-0.39, 0.29) is 6.61 Å². The van der Waals surface area contributed by atoms with E-state index in [1.807, 2.05) is 36.4 Å². The second kappa shape index (κ2) is 9.38. The van der Waals surface area contributed by atoms with Gasteiger partial charge in [-0.15, -0.1) is 0 Å². The molecule has 2 aliphatic heterocycles. The predicted molar refractivity (Wildman–Crippen MR) is 111 cm³/mol. The topological polar surface area (TPSA) is 89.5 Å². The van der Waals surface area contributed by atoms with Crippen LogP contribution in [0.25, 0.3) is 0 Å². The molecular weight excluding hydrogens is 416 g/mol. The summed E-state index contributed by atoms with van der Waals surface area (Å²) in [5.41, 5.74) is 1.28. The van der Waals surface area contributed by atoms with E-state index in [0.29, 0.717) is 5.56 Å². The van der Waals surface area contributed by atoms with Gasteiger partial charge in [0.2, 0.25) is 12.6 Å². The summed E-state index contributed by atoms with van der Waals surface area (Å²) in [6.07, 6.45) is -4.64. The number of ether oxygens (including phenoxy) is 6. The van der Waals surface area contributed by atoms with Crippen molar-refractivity contribution in [3.8, 4) is 0 Å². The fourth-order valence-corrected chi connectivity index (χ4v) is 3.76. The van der Waals surface area contributed by atoms with Gasteiger partial charge in [0, 0.05) is 6.92 Å².